The first-order valence-electron chi connectivity index (χ1n) is 7.27. The van der Waals surface area contributed by atoms with Gasteiger partial charge in [0.05, 0.1) is 10.6 Å². The van der Waals surface area contributed by atoms with Crippen LogP contribution in [0.1, 0.15) is 26.4 Å². The quantitative estimate of drug-likeness (QED) is 0.789. The lowest BCUT2D eigenvalue weighted by Gasteiger charge is -2.04. The Hall–Kier alpha value is -2.92. The van der Waals surface area contributed by atoms with Crippen LogP contribution in [0.2, 0.25) is 5.02 Å². The zero-order valence-electron chi connectivity index (χ0n) is 12.9. The minimum Gasteiger partial charge on any atom is -0.321 e. The standard InChI is InChI=1S/C18H14ClN3O2/c1-12-6-8-13(9-7-12)20-17(23)16-10-11-22(21-16)18(24)14-4-2-3-5-15(14)19/h2-11H,1H3,(H,20,23). The molecule has 1 N–H and O–H groups in total. The Labute approximate surface area is 143 Å². The van der Waals surface area contributed by atoms with E-state index in [9.17, 15) is 9.59 Å². The molecule has 1 heterocycles. The van der Waals surface area contributed by atoms with E-state index in [-0.39, 0.29) is 11.6 Å². The van der Waals surface area contributed by atoms with E-state index in [2.05, 4.69) is 10.4 Å². The number of aryl methyl sites for hydroxylation is 1. The van der Waals surface area contributed by atoms with Gasteiger partial charge in [-0.3, -0.25) is 9.59 Å². The third-order valence-electron chi connectivity index (χ3n) is 3.44. The van der Waals surface area contributed by atoms with E-state index in [1.165, 1.54) is 12.3 Å². The van der Waals surface area contributed by atoms with Gasteiger partial charge in [0.1, 0.15) is 0 Å². The molecule has 120 valence electrons. The molecule has 0 saturated heterocycles. The topological polar surface area (TPSA) is 64.0 Å². The van der Waals surface area contributed by atoms with E-state index in [1.807, 2.05) is 19.1 Å². The largest absolute Gasteiger partial charge is 0.321 e. The molecule has 3 rings (SSSR count). The molecule has 0 saturated carbocycles. The van der Waals surface area contributed by atoms with Crippen molar-refractivity contribution in [3.63, 3.8) is 0 Å². The number of anilines is 1. The molecular weight excluding hydrogens is 326 g/mol. The Kier molecular flexibility index (Phi) is 4.44. The number of benzene rings is 2. The van der Waals surface area contributed by atoms with Crippen LogP contribution in [0.5, 0.6) is 0 Å². The number of carbonyl (C=O) groups is 2. The number of amides is 1. The molecule has 0 aliphatic rings. The summed E-state index contributed by atoms with van der Waals surface area (Å²) in [6, 6.07) is 15.6. The van der Waals surface area contributed by atoms with Crippen LogP contribution in [0.3, 0.4) is 0 Å². The number of hydrogen-bond acceptors (Lipinski definition) is 3. The lowest BCUT2D eigenvalue weighted by molar-refractivity contribution is 0.0944. The van der Waals surface area contributed by atoms with Gasteiger partial charge < -0.3 is 5.32 Å². The lowest BCUT2D eigenvalue weighted by atomic mass is 10.2. The van der Waals surface area contributed by atoms with Crippen molar-refractivity contribution in [3.05, 3.63) is 82.6 Å². The average Bonchev–Trinajstić information content (AvgIpc) is 3.07. The van der Waals surface area contributed by atoms with Crippen LogP contribution in [0.4, 0.5) is 5.69 Å². The van der Waals surface area contributed by atoms with Gasteiger partial charge in [-0.25, -0.2) is 4.68 Å². The Morgan fingerprint density at radius 2 is 1.75 bits per heavy atom. The molecule has 2 aromatic carbocycles. The normalized spacial score (nSPS) is 10.4. The molecule has 0 bridgehead atoms. The summed E-state index contributed by atoms with van der Waals surface area (Å²) in [5.74, 6) is -0.778. The van der Waals surface area contributed by atoms with Crippen LogP contribution >= 0.6 is 11.6 Å². The van der Waals surface area contributed by atoms with Crippen LogP contribution in [0.15, 0.2) is 60.8 Å². The minimum atomic E-state index is -0.394. The van der Waals surface area contributed by atoms with E-state index < -0.39 is 5.91 Å². The summed E-state index contributed by atoms with van der Waals surface area (Å²) in [5, 5.41) is 7.11. The van der Waals surface area contributed by atoms with Gasteiger partial charge in [0, 0.05) is 11.9 Å². The molecule has 0 fully saturated rings. The van der Waals surface area contributed by atoms with Crippen molar-refractivity contribution in [1.29, 1.82) is 0 Å². The molecule has 6 heteroatoms. The van der Waals surface area contributed by atoms with Crippen molar-refractivity contribution in [2.75, 3.05) is 5.32 Å². The number of halogens is 1. The maximum absolute atomic E-state index is 12.4. The van der Waals surface area contributed by atoms with Crippen LogP contribution < -0.4 is 5.32 Å². The van der Waals surface area contributed by atoms with Crippen LogP contribution in [0, 0.1) is 6.92 Å². The zero-order chi connectivity index (χ0) is 17.1. The maximum atomic E-state index is 12.4. The van der Waals surface area contributed by atoms with Crippen LogP contribution in [-0.2, 0) is 0 Å². The summed E-state index contributed by atoms with van der Waals surface area (Å²) in [6.07, 6.45) is 1.44. The number of aromatic nitrogens is 2. The summed E-state index contributed by atoms with van der Waals surface area (Å²) < 4.78 is 1.10. The summed E-state index contributed by atoms with van der Waals surface area (Å²) in [5.41, 5.74) is 2.24. The van der Waals surface area contributed by atoms with Crippen molar-refractivity contribution in [1.82, 2.24) is 9.78 Å². The highest BCUT2D eigenvalue weighted by atomic mass is 35.5. The molecule has 0 atom stereocenters. The fourth-order valence-electron chi connectivity index (χ4n) is 2.15. The van der Waals surface area contributed by atoms with Gasteiger partial charge in [-0.05, 0) is 37.3 Å². The molecule has 24 heavy (non-hydrogen) atoms. The van der Waals surface area contributed by atoms with Crippen molar-refractivity contribution in [2.45, 2.75) is 6.92 Å². The molecule has 0 aliphatic heterocycles. The first kappa shape index (κ1) is 16.0. The highest BCUT2D eigenvalue weighted by molar-refractivity contribution is 6.33. The number of rotatable bonds is 3. The van der Waals surface area contributed by atoms with Crippen molar-refractivity contribution >= 4 is 29.1 Å². The van der Waals surface area contributed by atoms with E-state index >= 15 is 0 Å². The smallest absolute Gasteiger partial charge is 0.279 e. The second kappa shape index (κ2) is 6.68. The van der Waals surface area contributed by atoms with Gasteiger partial charge in [0.2, 0.25) is 0 Å². The van der Waals surface area contributed by atoms with Gasteiger partial charge >= 0.3 is 0 Å². The SMILES string of the molecule is Cc1ccc(NC(=O)c2ccn(C(=O)c3ccccc3Cl)n2)cc1. The summed E-state index contributed by atoms with van der Waals surface area (Å²) >= 11 is 6.02. The maximum Gasteiger partial charge on any atom is 0.279 e. The molecular formula is C18H14ClN3O2. The second-order valence-electron chi connectivity index (χ2n) is 5.25. The summed E-state index contributed by atoms with van der Waals surface area (Å²) in [4.78, 5) is 24.6. The van der Waals surface area contributed by atoms with Gasteiger partial charge in [-0.15, -0.1) is 0 Å². The van der Waals surface area contributed by atoms with Gasteiger partial charge in [0.25, 0.3) is 11.8 Å². The van der Waals surface area contributed by atoms with Gasteiger partial charge in [0.15, 0.2) is 5.69 Å². The van der Waals surface area contributed by atoms with Gasteiger partial charge in [-0.2, -0.15) is 5.10 Å². The predicted molar refractivity (Wildman–Crippen MR) is 92.5 cm³/mol. The summed E-state index contributed by atoms with van der Waals surface area (Å²) in [7, 11) is 0. The lowest BCUT2D eigenvalue weighted by Crippen LogP contribution is -2.17. The number of nitrogens with zero attached hydrogens (tertiary/aromatic N) is 2. The second-order valence-corrected chi connectivity index (χ2v) is 5.66. The summed E-state index contributed by atoms with van der Waals surface area (Å²) in [6.45, 7) is 1.97. The van der Waals surface area contributed by atoms with Crippen molar-refractivity contribution in [2.24, 2.45) is 0 Å². The highest BCUT2D eigenvalue weighted by Gasteiger charge is 2.16. The molecule has 3 aromatic rings. The molecule has 1 amide bonds. The predicted octanol–water partition coefficient (Wildman–Crippen LogP) is 3.79. The van der Waals surface area contributed by atoms with E-state index in [0.717, 1.165) is 10.2 Å². The molecule has 0 unspecified atom stereocenters. The molecule has 1 aromatic heterocycles. The number of carbonyl (C=O) groups excluding carboxylic acids is 2. The highest BCUT2D eigenvalue weighted by Crippen LogP contribution is 2.16. The zero-order valence-corrected chi connectivity index (χ0v) is 13.6. The van der Waals surface area contributed by atoms with Crippen molar-refractivity contribution in [3.8, 4) is 0 Å². The molecule has 0 radical (unpaired) electrons. The first-order valence-corrected chi connectivity index (χ1v) is 7.65. The molecule has 0 aliphatic carbocycles. The Morgan fingerprint density at radius 1 is 1.04 bits per heavy atom. The first-order chi connectivity index (χ1) is 11.5. The van der Waals surface area contributed by atoms with Gasteiger partial charge in [-0.1, -0.05) is 41.4 Å². The average molecular weight is 340 g/mol. The van der Waals surface area contributed by atoms with E-state index in [1.54, 1.807) is 36.4 Å². The minimum absolute atomic E-state index is 0.149. The van der Waals surface area contributed by atoms with Crippen molar-refractivity contribution < 1.29 is 9.59 Å². The fraction of sp³-hybridized carbons (Fsp3) is 0.0556. The number of hydrogen-bond donors (Lipinski definition) is 1. The third kappa shape index (κ3) is 3.36. The van der Waals surface area contributed by atoms with E-state index in [0.29, 0.717) is 16.3 Å². The fourth-order valence-corrected chi connectivity index (χ4v) is 2.36. The Balaban J connectivity index is 1.77. The Morgan fingerprint density at radius 3 is 2.46 bits per heavy atom. The molecule has 0 spiro atoms. The monoisotopic (exact) mass is 339 g/mol. The van der Waals surface area contributed by atoms with E-state index in [4.69, 9.17) is 11.6 Å². The van der Waals surface area contributed by atoms with Crippen LogP contribution in [-0.4, -0.2) is 21.6 Å². The third-order valence-corrected chi connectivity index (χ3v) is 3.77. The molecule has 5 nitrogen and oxygen atoms in total. The Bertz CT molecular complexity index is 901. The number of nitrogens with one attached hydrogen (secondary N) is 1. The van der Waals surface area contributed by atoms with Crippen LogP contribution in [0.25, 0.3) is 0 Å².